The molecule has 0 radical (unpaired) electrons. The summed E-state index contributed by atoms with van der Waals surface area (Å²) in [4.78, 5) is 14.0. The number of hydrogen-bond donors (Lipinski definition) is 2. The maximum absolute atomic E-state index is 11.9. The van der Waals surface area contributed by atoms with Crippen LogP contribution in [0.5, 0.6) is 0 Å². The van der Waals surface area contributed by atoms with Crippen molar-refractivity contribution in [2.24, 2.45) is 0 Å². The highest BCUT2D eigenvalue weighted by Gasteiger charge is 2.14. The molecule has 2 heterocycles. The predicted molar refractivity (Wildman–Crippen MR) is 72.0 cm³/mol. The van der Waals surface area contributed by atoms with Crippen molar-refractivity contribution in [3.05, 3.63) is 24.4 Å². The Hall–Kier alpha value is -1.92. The second-order valence-electron chi connectivity index (χ2n) is 4.61. The van der Waals surface area contributed by atoms with E-state index in [0.717, 1.165) is 29.7 Å². The van der Waals surface area contributed by atoms with Gasteiger partial charge < -0.3 is 10.1 Å². The molecule has 1 amide bonds. The molecule has 1 fully saturated rings. The summed E-state index contributed by atoms with van der Waals surface area (Å²) in [5.74, 6) is 0.000709. The van der Waals surface area contributed by atoms with Gasteiger partial charge in [-0.25, -0.2) is 0 Å². The van der Waals surface area contributed by atoms with E-state index in [-0.39, 0.29) is 5.91 Å². The molecule has 6 nitrogen and oxygen atoms in total. The Kier molecular flexibility index (Phi) is 3.43. The number of hydrogen-bond acceptors (Lipinski definition) is 4. The molecule has 2 N–H and O–H groups in total. The Bertz CT molecular complexity index is 575. The monoisotopic (exact) mass is 260 g/mol. The molecule has 1 aliphatic heterocycles. The number of amides is 1. The minimum Gasteiger partial charge on any atom is -0.379 e. The third-order valence-corrected chi connectivity index (χ3v) is 3.20. The average molecular weight is 260 g/mol. The van der Waals surface area contributed by atoms with E-state index in [0.29, 0.717) is 19.8 Å². The van der Waals surface area contributed by atoms with E-state index in [1.165, 1.54) is 0 Å². The molecular formula is C13H16N4O2. The quantitative estimate of drug-likeness (QED) is 0.857. The Morgan fingerprint density at radius 1 is 1.42 bits per heavy atom. The number of carbonyl (C=O) groups excluding carboxylic acids is 1. The van der Waals surface area contributed by atoms with Crippen LogP contribution in [0.2, 0.25) is 0 Å². The standard InChI is InChI=1S/C13H16N4O2/c18-13(9-17-3-5-19-6-4-17)15-11-2-1-10-8-14-16-12(10)7-11/h1-2,7-8H,3-6,9H2,(H,14,16)(H,15,18). The smallest absolute Gasteiger partial charge is 0.238 e. The van der Waals surface area contributed by atoms with Gasteiger partial charge in [-0.3, -0.25) is 14.8 Å². The Morgan fingerprint density at radius 3 is 3.11 bits per heavy atom. The van der Waals surface area contributed by atoms with E-state index in [2.05, 4.69) is 20.4 Å². The van der Waals surface area contributed by atoms with Gasteiger partial charge in [-0.2, -0.15) is 5.10 Å². The number of nitrogens with zero attached hydrogens (tertiary/aromatic N) is 2. The number of carbonyl (C=O) groups is 1. The predicted octanol–water partition coefficient (Wildman–Crippen LogP) is 0.834. The van der Waals surface area contributed by atoms with E-state index in [4.69, 9.17) is 4.74 Å². The number of benzene rings is 1. The number of H-pyrrole nitrogens is 1. The summed E-state index contributed by atoms with van der Waals surface area (Å²) in [7, 11) is 0. The number of morpholine rings is 1. The highest BCUT2D eigenvalue weighted by Crippen LogP contribution is 2.16. The van der Waals surface area contributed by atoms with Crippen molar-refractivity contribution >= 4 is 22.5 Å². The molecule has 19 heavy (non-hydrogen) atoms. The first-order valence-electron chi connectivity index (χ1n) is 6.34. The van der Waals surface area contributed by atoms with Crippen LogP contribution in [0.1, 0.15) is 0 Å². The number of rotatable bonds is 3. The first-order valence-corrected chi connectivity index (χ1v) is 6.34. The highest BCUT2D eigenvalue weighted by atomic mass is 16.5. The van der Waals surface area contributed by atoms with Crippen LogP contribution in [0.4, 0.5) is 5.69 Å². The molecule has 3 rings (SSSR count). The second-order valence-corrected chi connectivity index (χ2v) is 4.61. The highest BCUT2D eigenvalue weighted by molar-refractivity contribution is 5.94. The lowest BCUT2D eigenvalue weighted by Crippen LogP contribution is -2.41. The van der Waals surface area contributed by atoms with Gasteiger partial charge in [-0.1, -0.05) is 0 Å². The van der Waals surface area contributed by atoms with Gasteiger partial charge in [0, 0.05) is 24.2 Å². The third kappa shape index (κ3) is 2.91. The van der Waals surface area contributed by atoms with Crippen molar-refractivity contribution in [2.75, 3.05) is 38.2 Å². The van der Waals surface area contributed by atoms with Crippen molar-refractivity contribution in [3.63, 3.8) is 0 Å². The van der Waals surface area contributed by atoms with E-state index < -0.39 is 0 Å². The van der Waals surface area contributed by atoms with Crippen LogP contribution in [0, 0.1) is 0 Å². The minimum atomic E-state index is 0.000709. The summed E-state index contributed by atoms with van der Waals surface area (Å²) in [6.45, 7) is 3.44. The molecule has 0 saturated carbocycles. The molecule has 0 aliphatic carbocycles. The fraction of sp³-hybridized carbons (Fsp3) is 0.385. The molecule has 100 valence electrons. The van der Waals surface area contributed by atoms with E-state index in [9.17, 15) is 4.79 Å². The van der Waals surface area contributed by atoms with Gasteiger partial charge in [0.05, 0.1) is 31.5 Å². The van der Waals surface area contributed by atoms with Crippen LogP contribution < -0.4 is 5.32 Å². The third-order valence-electron chi connectivity index (χ3n) is 3.20. The van der Waals surface area contributed by atoms with E-state index in [1.54, 1.807) is 6.20 Å². The van der Waals surface area contributed by atoms with Crippen LogP contribution in [0.15, 0.2) is 24.4 Å². The number of nitrogens with one attached hydrogen (secondary N) is 2. The van der Waals surface area contributed by atoms with Crippen LogP contribution in [0.3, 0.4) is 0 Å². The fourth-order valence-electron chi connectivity index (χ4n) is 2.18. The average Bonchev–Trinajstić information content (AvgIpc) is 2.87. The Balaban J connectivity index is 1.61. The van der Waals surface area contributed by atoms with Crippen molar-refractivity contribution in [1.29, 1.82) is 0 Å². The summed E-state index contributed by atoms with van der Waals surface area (Å²) in [6.07, 6.45) is 1.76. The molecule has 0 bridgehead atoms. The molecule has 1 aliphatic rings. The number of ether oxygens (including phenoxy) is 1. The minimum absolute atomic E-state index is 0.000709. The lowest BCUT2D eigenvalue weighted by molar-refractivity contribution is -0.118. The van der Waals surface area contributed by atoms with Crippen molar-refractivity contribution < 1.29 is 9.53 Å². The number of aromatic amines is 1. The van der Waals surface area contributed by atoms with Gasteiger partial charge in [0.15, 0.2) is 0 Å². The summed E-state index contributed by atoms with van der Waals surface area (Å²) in [5.41, 5.74) is 1.71. The van der Waals surface area contributed by atoms with Crippen molar-refractivity contribution in [3.8, 4) is 0 Å². The van der Waals surface area contributed by atoms with Crippen molar-refractivity contribution in [2.45, 2.75) is 0 Å². The largest absolute Gasteiger partial charge is 0.379 e. The molecule has 1 aromatic heterocycles. The van der Waals surface area contributed by atoms with Crippen LogP contribution in [0.25, 0.3) is 10.9 Å². The van der Waals surface area contributed by atoms with Gasteiger partial charge in [0.2, 0.25) is 5.91 Å². The summed E-state index contributed by atoms with van der Waals surface area (Å²) >= 11 is 0. The molecule has 0 unspecified atom stereocenters. The van der Waals surface area contributed by atoms with Crippen LogP contribution in [-0.4, -0.2) is 53.9 Å². The zero-order valence-corrected chi connectivity index (χ0v) is 10.6. The Morgan fingerprint density at radius 2 is 2.26 bits per heavy atom. The second kappa shape index (κ2) is 5.38. The van der Waals surface area contributed by atoms with E-state index in [1.807, 2.05) is 18.2 Å². The summed E-state index contributed by atoms with van der Waals surface area (Å²) in [5, 5.41) is 10.8. The van der Waals surface area contributed by atoms with Gasteiger partial charge in [-0.05, 0) is 18.2 Å². The first kappa shape index (κ1) is 12.1. The summed E-state index contributed by atoms with van der Waals surface area (Å²) < 4.78 is 5.25. The van der Waals surface area contributed by atoms with Crippen LogP contribution in [-0.2, 0) is 9.53 Å². The van der Waals surface area contributed by atoms with Gasteiger partial charge >= 0.3 is 0 Å². The van der Waals surface area contributed by atoms with Gasteiger partial charge in [0.25, 0.3) is 0 Å². The molecule has 0 spiro atoms. The van der Waals surface area contributed by atoms with Crippen LogP contribution >= 0.6 is 0 Å². The van der Waals surface area contributed by atoms with E-state index >= 15 is 0 Å². The first-order chi connectivity index (χ1) is 9.31. The molecule has 6 heteroatoms. The van der Waals surface area contributed by atoms with Gasteiger partial charge in [0.1, 0.15) is 0 Å². The Labute approximate surface area is 110 Å². The lowest BCUT2D eigenvalue weighted by atomic mass is 10.2. The molecule has 2 aromatic rings. The normalized spacial score (nSPS) is 16.6. The fourth-order valence-corrected chi connectivity index (χ4v) is 2.18. The zero-order valence-electron chi connectivity index (χ0n) is 10.6. The summed E-state index contributed by atoms with van der Waals surface area (Å²) in [6, 6.07) is 5.71. The van der Waals surface area contributed by atoms with Crippen molar-refractivity contribution in [1.82, 2.24) is 15.1 Å². The topological polar surface area (TPSA) is 70.2 Å². The number of fused-ring (bicyclic) bond motifs is 1. The lowest BCUT2D eigenvalue weighted by Gasteiger charge is -2.25. The molecule has 1 saturated heterocycles. The molecule has 1 aromatic carbocycles. The number of aromatic nitrogens is 2. The maximum atomic E-state index is 11.9. The number of anilines is 1. The zero-order chi connectivity index (χ0) is 13.1. The molecule has 0 atom stereocenters. The maximum Gasteiger partial charge on any atom is 0.238 e. The van der Waals surface area contributed by atoms with Gasteiger partial charge in [-0.15, -0.1) is 0 Å². The molecular weight excluding hydrogens is 244 g/mol. The SMILES string of the molecule is O=C(CN1CCOCC1)Nc1ccc2cn[nH]c2c1.